The van der Waals surface area contributed by atoms with Crippen molar-refractivity contribution in [2.24, 2.45) is 4.99 Å². The first kappa shape index (κ1) is 28.0. The summed E-state index contributed by atoms with van der Waals surface area (Å²) in [5.74, 6) is -3.23. The Bertz CT molecular complexity index is 1330. The number of aliphatic imine (C=N–C) groups is 1. The maximum Gasteiger partial charge on any atom is 0.251 e. The van der Waals surface area contributed by atoms with E-state index in [0.29, 0.717) is 23.4 Å². The molecule has 0 radical (unpaired) electrons. The Hall–Kier alpha value is -3.03. The van der Waals surface area contributed by atoms with Crippen LogP contribution in [0.15, 0.2) is 88.1 Å². The van der Waals surface area contributed by atoms with Crippen LogP contribution in [0.25, 0.3) is 16.3 Å². The average Bonchev–Trinajstić information content (AvgIpc) is 2.88. The van der Waals surface area contributed by atoms with E-state index in [4.69, 9.17) is 16.3 Å². The van der Waals surface area contributed by atoms with Crippen molar-refractivity contribution in [3.8, 4) is 0 Å². The molecular formula is C30H33ClF3N3O. The largest absolute Gasteiger partial charge is 0.478 e. The monoisotopic (exact) mass is 543 g/mol. The van der Waals surface area contributed by atoms with Gasteiger partial charge in [-0.1, -0.05) is 54.1 Å². The molecule has 4 nitrogen and oxygen atoms in total. The van der Waals surface area contributed by atoms with Crippen molar-refractivity contribution in [3.63, 3.8) is 0 Å². The number of hydrogen-bond acceptors (Lipinski definition) is 4. The normalized spacial score (nSPS) is 20.3. The first-order chi connectivity index (χ1) is 18.1. The fourth-order valence-electron chi connectivity index (χ4n) is 4.75. The highest BCUT2D eigenvalue weighted by Crippen LogP contribution is 2.41. The summed E-state index contributed by atoms with van der Waals surface area (Å²) >= 11 is 6.75. The first-order valence-electron chi connectivity index (χ1n) is 12.7. The maximum absolute atomic E-state index is 16.5. The third kappa shape index (κ3) is 6.33. The summed E-state index contributed by atoms with van der Waals surface area (Å²) in [6, 6.07) is 13.3. The van der Waals surface area contributed by atoms with E-state index in [0.717, 1.165) is 23.7 Å². The van der Waals surface area contributed by atoms with Gasteiger partial charge in [0.2, 0.25) is 5.88 Å². The molecule has 8 heteroatoms. The molecule has 0 spiro atoms. The molecule has 0 bridgehead atoms. The quantitative estimate of drug-likeness (QED) is 0.254. The summed E-state index contributed by atoms with van der Waals surface area (Å²) in [6.45, 7) is 7.19. The molecule has 38 heavy (non-hydrogen) atoms. The van der Waals surface area contributed by atoms with Gasteiger partial charge < -0.3 is 14.5 Å². The Kier molecular flexibility index (Phi) is 8.68. The Morgan fingerprint density at radius 3 is 2.53 bits per heavy atom. The van der Waals surface area contributed by atoms with Gasteiger partial charge in [-0.15, -0.1) is 0 Å². The van der Waals surface area contributed by atoms with Crippen LogP contribution in [0.3, 0.4) is 0 Å². The molecule has 1 aliphatic carbocycles. The fraction of sp³-hybridized carbons (Fsp3) is 0.367. The third-order valence-corrected chi connectivity index (χ3v) is 7.16. The van der Waals surface area contributed by atoms with Crippen LogP contribution >= 0.6 is 11.6 Å². The predicted molar refractivity (Wildman–Crippen MR) is 150 cm³/mol. The van der Waals surface area contributed by atoms with E-state index >= 15 is 4.39 Å². The number of benzene rings is 2. The van der Waals surface area contributed by atoms with Gasteiger partial charge in [-0.3, -0.25) is 0 Å². The lowest BCUT2D eigenvalue weighted by Crippen LogP contribution is -2.39. The number of allylic oxidation sites excluding steroid dienone is 6. The van der Waals surface area contributed by atoms with E-state index in [1.807, 2.05) is 66.4 Å². The number of fused-ring (bicyclic) bond motifs is 1. The van der Waals surface area contributed by atoms with Crippen LogP contribution in [-0.4, -0.2) is 61.8 Å². The van der Waals surface area contributed by atoms with Crippen molar-refractivity contribution >= 4 is 33.7 Å². The van der Waals surface area contributed by atoms with E-state index in [9.17, 15) is 8.78 Å². The van der Waals surface area contributed by atoms with E-state index < -0.39 is 11.7 Å². The van der Waals surface area contributed by atoms with E-state index in [-0.39, 0.29) is 48.1 Å². The van der Waals surface area contributed by atoms with Crippen molar-refractivity contribution in [2.45, 2.75) is 32.1 Å². The molecule has 1 saturated heterocycles. The second-order valence-corrected chi connectivity index (χ2v) is 10.3. The van der Waals surface area contributed by atoms with Gasteiger partial charge in [-0.25, -0.2) is 18.2 Å². The molecule has 1 aliphatic heterocycles. The van der Waals surface area contributed by atoms with Crippen LogP contribution < -0.4 is 0 Å². The second-order valence-electron chi connectivity index (χ2n) is 9.91. The molecule has 0 N–H and O–H groups in total. The van der Waals surface area contributed by atoms with E-state index in [1.165, 1.54) is 0 Å². The number of rotatable bonds is 8. The zero-order chi connectivity index (χ0) is 27.4. The topological polar surface area (TPSA) is 28.1 Å². The number of ether oxygens (including phenoxy) is 1. The minimum atomic E-state index is -2.69. The molecule has 1 heterocycles. The number of alkyl halides is 2. The van der Waals surface area contributed by atoms with Crippen LogP contribution in [-0.2, 0) is 4.74 Å². The molecular weight excluding hydrogens is 511 g/mol. The van der Waals surface area contributed by atoms with Crippen molar-refractivity contribution < 1.29 is 17.9 Å². The second kappa shape index (κ2) is 11.8. The number of piperidine rings is 1. The van der Waals surface area contributed by atoms with E-state index in [1.54, 1.807) is 13.0 Å². The van der Waals surface area contributed by atoms with Crippen molar-refractivity contribution in [3.05, 3.63) is 88.7 Å². The molecule has 0 unspecified atom stereocenters. The van der Waals surface area contributed by atoms with Gasteiger partial charge in [-0.2, -0.15) is 0 Å². The van der Waals surface area contributed by atoms with Gasteiger partial charge in [0.05, 0.1) is 11.6 Å². The highest BCUT2D eigenvalue weighted by Gasteiger charge is 2.36. The molecule has 0 atom stereocenters. The molecule has 0 aromatic heterocycles. The Labute approximate surface area is 227 Å². The lowest BCUT2D eigenvalue weighted by Gasteiger charge is -2.35. The molecule has 2 aromatic carbocycles. The summed E-state index contributed by atoms with van der Waals surface area (Å²) in [5.41, 5.74) is 1.96. The van der Waals surface area contributed by atoms with Gasteiger partial charge in [-0.05, 0) is 56.4 Å². The summed E-state index contributed by atoms with van der Waals surface area (Å²) in [5, 5.41) is 2.02. The predicted octanol–water partition coefficient (Wildman–Crippen LogP) is 7.54. The SMILES string of the molecule is C=C(/N=C1/C(F)=C(c2cccc3ccccc23)C(Cl)=C/C1=C(/C)N1CCC(F)(F)CC1)OCCCN(C)C. The maximum atomic E-state index is 16.5. The number of hydrogen-bond donors (Lipinski definition) is 0. The average molecular weight is 544 g/mol. The molecule has 4 rings (SSSR count). The number of likely N-dealkylation sites (tertiary alicyclic amines) is 1. The Balaban J connectivity index is 1.77. The van der Waals surface area contributed by atoms with Crippen molar-refractivity contribution in [2.75, 3.05) is 40.3 Å². The van der Waals surface area contributed by atoms with Crippen LogP contribution in [0.2, 0.25) is 0 Å². The molecule has 202 valence electrons. The lowest BCUT2D eigenvalue weighted by molar-refractivity contribution is -0.0489. The number of halogens is 4. The lowest BCUT2D eigenvalue weighted by atomic mass is 9.89. The molecule has 2 aliphatic rings. The summed E-state index contributed by atoms with van der Waals surface area (Å²) in [4.78, 5) is 8.34. The molecule has 2 aromatic rings. The Morgan fingerprint density at radius 2 is 1.82 bits per heavy atom. The Morgan fingerprint density at radius 1 is 1.13 bits per heavy atom. The van der Waals surface area contributed by atoms with Crippen LogP contribution in [0.4, 0.5) is 13.2 Å². The van der Waals surface area contributed by atoms with Gasteiger partial charge in [0.1, 0.15) is 5.71 Å². The van der Waals surface area contributed by atoms with Gasteiger partial charge in [0.15, 0.2) is 5.83 Å². The zero-order valence-electron chi connectivity index (χ0n) is 22.0. The first-order valence-corrected chi connectivity index (χ1v) is 13.1. The minimum Gasteiger partial charge on any atom is -0.478 e. The standard InChI is InChI=1S/C30H33ClF3N3O/c1-20(37-16-13-30(33,34)14-17-37)25-19-26(31)27(24-12-7-10-22-9-5-6-11-23(22)24)28(32)29(25)35-21(2)38-18-8-15-36(3)4/h5-7,9-12,19H,2,8,13-18H2,1,3-4H3/b25-20+,35-29+. The highest BCUT2D eigenvalue weighted by atomic mass is 35.5. The van der Waals surface area contributed by atoms with Crippen molar-refractivity contribution in [1.29, 1.82) is 0 Å². The molecule has 1 fully saturated rings. The molecule has 0 saturated carbocycles. The highest BCUT2D eigenvalue weighted by molar-refractivity contribution is 6.41. The fourth-order valence-corrected chi connectivity index (χ4v) is 5.05. The van der Waals surface area contributed by atoms with Crippen LogP contribution in [0.5, 0.6) is 0 Å². The molecule has 0 amide bonds. The van der Waals surface area contributed by atoms with Crippen molar-refractivity contribution in [1.82, 2.24) is 9.80 Å². The summed E-state index contributed by atoms with van der Waals surface area (Å²) in [7, 11) is 3.94. The minimum absolute atomic E-state index is 0.0322. The summed E-state index contributed by atoms with van der Waals surface area (Å²) in [6.07, 6.45) is 1.90. The number of nitrogens with zero attached hydrogens (tertiary/aromatic N) is 3. The van der Waals surface area contributed by atoms with Gasteiger partial charge in [0, 0.05) is 49.3 Å². The zero-order valence-corrected chi connectivity index (χ0v) is 22.8. The van der Waals surface area contributed by atoms with Crippen LogP contribution in [0, 0.1) is 0 Å². The van der Waals surface area contributed by atoms with Gasteiger partial charge >= 0.3 is 0 Å². The smallest absolute Gasteiger partial charge is 0.251 e. The van der Waals surface area contributed by atoms with Gasteiger partial charge in [0.25, 0.3) is 5.92 Å². The van der Waals surface area contributed by atoms with E-state index in [2.05, 4.69) is 11.6 Å². The third-order valence-electron chi connectivity index (χ3n) is 6.87. The van der Waals surface area contributed by atoms with Crippen LogP contribution in [0.1, 0.15) is 31.7 Å². The summed E-state index contributed by atoms with van der Waals surface area (Å²) < 4.78 is 49.8.